The Morgan fingerprint density at radius 3 is 0.939 bits per heavy atom. The van der Waals surface area contributed by atoms with Crippen LogP contribution < -0.4 is 40.9 Å². The van der Waals surface area contributed by atoms with Crippen molar-refractivity contribution in [2.45, 2.75) is 179 Å². The topological polar surface area (TPSA) is 529 Å². The number of terminal acetylenes is 4. The van der Waals surface area contributed by atoms with Gasteiger partial charge in [0.2, 0.25) is 0 Å². The lowest BCUT2D eigenvalue weighted by molar-refractivity contribution is -0.205. The number of nitrogens with zero attached hydrogens (tertiary/aromatic N) is 4. The van der Waals surface area contributed by atoms with Crippen LogP contribution in [0.3, 0.4) is 0 Å². The minimum atomic E-state index is -4.86. The summed E-state index contributed by atoms with van der Waals surface area (Å²) in [6.07, 6.45) is -3.56. The maximum atomic E-state index is 16.0. The first-order valence-corrected chi connectivity index (χ1v) is 45.7. The van der Waals surface area contributed by atoms with Crippen LogP contribution in [-0.2, 0) is 99.8 Å². The maximum absolute atomic E-state index is 16.0. The number of hydrogen-bond acceptors (Lipinski definition) is 36. The average Bonchev–Trinajstić information content (AvgIpc) is 1.56. The number of aliphatic hydroxyl groups is 8. The molecule has 8 aromatic rings. The molecule has 0 aliphatic carbocycles. The number of ether oxygens (including phenoxy) is 4. The van der Waals surface area contributed by atoms with E-state index in [1.54, 1.807) is 77.1 Å². The zero-order chi connectivity index (χ0) is 102. The predicted molar refractivity (Wildman–Crippen MR) is 459 cm³/mol. The number of benzene rings is 4. The Kier molecular flexibility index (Phi) is 26.7. The summed E-state index contributed by atoms with van der Waals surface area (Å²) in [5.41, 5.74) is 4.10. The second-order valence-corrected chi connectivity index (χ2v) is 38.1. The molecular weight excluding hydrogens is 1910 g/mol. The van der Waals surface area contributed by atoms with Crippen molar-refractivity contribution in [3.05, 3.63) is 223 Å². The molecule has 4 aromatic heterocycles. The summed E-state index contributed by atoms with van der Waals surface area (Å²) >= 11 is 19.6. The second kappa shape index (κ2) is 38.4. The molecule has 0 bridgehead atoms. The van der Waals surface area contributed by atoms with Crippen LogP contribution in [0.15, 0.2) is 92.5 Å². The Bertz CT molecular complexity index is 7240. The minimum absolute atomic E-state index is 0.0155. The van der Waals surface area contributed by atoms with E-state index >= 15 is 17.6 Å². The normalized spacial score (nSPS) is 33.0. The first-order chi connectivity index (χ1) is 64.1. The highest BCUT2D eigenvalue weighted by Crippen LogP contribution is 2.61. The van der Waals surface area contributed by atoms with Crippen LogP contribution in [0.4, 0.5) is 17.6 Å². The van der Waals surface area contributed by atoms with Gasteiger partial charge in [0, 0.05) is 47.0 Å². The van der Waals surface area contributed by atoms with Crippen LogP contribution in [0.25, 0.3) is 0 Å². The molecule has 4 aromatic carbocycles. The molecule has 4 saturated heterocycles. The Labute approximate surface area is 773 Å². The Hall–Kier alpha value is -9.44. The number of aliphatic hydroxyl groups excluding tert-OH is 8. The van der Waals surface area contributed by atoms with Gasteiger partial charge >= 0.3 is 54.0 Å². The Balaban J connectivity index is 0.000000155. The van der Waals surface area contributed by atoms with Crippen LogP contribution in [0.1, 0.15) is 122 Å². The third-order valence-corrected chi connectivity index (χ3v) is 26.5. The van der Waals surface area contributed by atoms with Crippen LogP contribution in [0, 0.1) is 123 Å². The molecule has 0 radical (unpaired) electrons. The summed E-state index contributed by atoms with van der Waals surface area (Å²) < 4.78 is 247. The molecule has 4 fully saturated rings. The number of hydrogen-bond donors (Lipinski definition) is 12. The van der Waals surface area contributed by atoms with E-state index in [-0.39, 0.29) is 84.5 Å². The molecule has 8 aliphatic heterocycles. The van der Waals surface area contributed by atoms with E-state index in [0.717, 1.165) is 51.6 Å². The Morgan fingerprint density at radius 1 is 0.402 bits per heavy atom. The summed E-state index contributed by atoms with van der Waals surface area (Å²) in [6, 6.07) is 14.0. The van der Waals surface area contributed by atoms with E-state index in [9.17, 15) is 78.3 Å². The summed E-state index contributed by atoms with van der Waals surface area (Å²) in [4.78, 5) is 58.1. The summed E-state index contributed by atoms with van der Waals surface area (Å²) in [5, 5.41) is 83.0. The van der Waals surface area contributed by atoms with E-state index in [2.05, 4.69) is 43.6 Å². The van der Waals surface area contributed by atoms with Crippen molar-refractivity contribution in [3.8, 4) is 72.4 Å². The highest BCUT2D eigenvalue weighted by molar-refractivity contribution is 7.72. The van der Waals surface area contributed by atoms with Gasteiger partial charge in [-0.1, -0.05) is 143 Å². The number of fused-ring (bicyclic) bond motifs is 4. The van der Waals surface area contributed by atoms with Crippen molar-refractivity contribution in [2.75, 3.05) is 26.3 Å². The summed E-state index contributed by atoms with van der Waals surface area (Å²) in [7, 11) is -18.3. The highest BCUT2D eigenvalue weighted by atomic mass is 32.1. The van der Waals surface area contributed by atoms with Crippen molar-refractivity contribution in [2.24, 2.45) is 0 Å². The predicted octanol–water partition coefficient (Wildman–Crippen LogP) is 8.62. The lowest BCUT2D eigenvalue weighted by Crippen LogP contribution is -2.43. The number of halogens is 4. The van der Waals surface area contributed by atoms with Gasteiger partial charge in [-0.25, -0.2) is 55.0 Å². The fourth-order valence-corrected chi connectivity index (χ4v) is 19.7. The van der Waals surface area contributed by atoms with E-state index in [0.29, 0.717) is 64.0 Å². The van der Waals surface area contributed by atoms with Gasteiger partial charge in [0.15, 0.2) is 24.9 Å². The molecule has 0 saturated carbocycles. The van der Waals surface area contributed by atoms with Gasteiger partial charge < -0.3 is 77.9 Å². The lowest BCUT2D eigenvalue weighted by Gasteiger charge is -2.29. The maximum Gasteiger partial charge on any atom is 0.530 e. The monoisotopic (exact) mass is 2000 g/mol. The summed E-state index contributed by atoms with van der Waals surface area (Å²) in [6.45, 7) is 3.34. The molecule has 8 aliphatic rings. The molecule has 0 amide bonds. The zero-order valence-corrected chi connectivity index (χ0v) is 76.2. The van der Waals surface area contributed by atoms with Crippen LogP contribution in [0.2, 0.25) is 0 Å². The molecule has 16 rings (SSSR count). The van der Waals surface area contributed by atoms with Gasteiger partial charge in [-0.2, -0.15) is 0 Å². The third kappa shape index (κ3) is 20.4. The number of phosphoric acid groups is 4. The van der Waals surface area contributed by atoms with Crippen LogP contribution in [0.5, 0.6) is 23.0 Å². The van der Waals surface area contributed by atoms with Crippen molar-refractivity contribution in [1.29, 1.82) is 0 Å². The zero-order valence-electron chi connectivity index (χ0n) is 75.4. The molecule has 52 heteroatoms. The molecule has 0 spiro atoms. The third-order valence-electron chi connectivity index (χ3n) is 20.3. The van der Waals surface area contributed by atoms with Gasteiger partial charge in [0.1, 0.15) is 117 Å². The molecule has 12 heterocycles. The number of rotatable bonds is 16. The van der Waals surface area contributed by atoms with Gasteiger partial charge in [0.25, 0.3) is 23.4 Å². The number of aryl methyl sites for hydroxylation is 8. The van der Waals surface area contributed by atoms with E-state index in [1.807, 2.05) is 26.8 Å². The van der Waals surface area contributed by atoms with E-state index < -0.39 is 177 Å². The van der Waals surface area contributed by atoms with Crippen LogP contribution >= 0.6 is 80.2 Å². The number of alkyl halides is 4. The second-order valence-electron chi connectivity index (χ2n) is 30.2. The molecule has 20 atom stereocenters. The molecule has 40 nitrogen and oxygen atoms in total. The number of aromatic nitrogens is 8. The standard InChI is InChI=1S/4C20H20FN2O8PS/c4*1-4-12-7-23(19(26)22-17(12)33)18-14(24)16(25)20(21,30-18)9-29-32(27)28-8-13-6-10(2)5-11(3)15(13)31-32/h4*1,5-7,14,16,18,24-25H,8-9H2,2-3H3,(H,22,26,33)/t4*14-,16+,18-,20-,32?/m1111/s1/i9D2,18D;18D;9D2;. The highest BCUT2D eigenvalue weighted by Gasteiger charge is 2.62. The van der Waals surface area contributed by atoms with Crippen molar-refractivity contribution in [3.63, 3.8) is 0 Å². The smallest absolute Gasteiger partial charge is 0.403 e. The van der Waals surface area contributed by atoms with E-state index in [4.69, 9.17) is 156 Å². The fourth-order valence-electron chi connectivity index (χ4n) is 14.0. The SMILES string of the molecule is C#Cc1cn([C@@H]2O[C@](F)(COP3(=O)OCc4cc(C)cc(C)c4O3)[C@@H](O)[C@H]2O)c(=O)[nH]c1=S.[2H]C([2H])(OP1(=O)OCc2cc(C)cc(C)c2O1)[C@@]1(F)O[C@@H](n2cc(C#C)c(=S)[nH]c2=O)[C@H](O)[C@@H]1O.[2H]C([2H])(OP1(=O)OCc2cc(C)cc(C)c2O1)[C@@]1(F)O[C@@]([2H])(n2cc(C#C)c(=S)[nH]c2=O)[C@H](O)[C@@H]1O.[2H][C@@]1(n2cc(C#C)c(=S)[nH]c2=O)O[C@](F)(COP2(=O)OCc3cc(C)cc(C)c3O2)[C@@H](O)[C@H]1O. The number of aromatic amines is 4. The molecule has 12 N–H and O–H groups in total. The van der Waals surface area contributed by atoms with Crippen LogP contribution in [-0.4, -0.2) is 178 Å². The number of nitrogens with one attached hydrogen (secondary N) is 4. The first kappa shape index (κ1) is 91.7. The van der Waals surface area contributed by atoms with Gasteiger partial charge in [0.05, 0.1) is 56.9 Å². The average molecular weight is 2000 g/mol. The Morgan fingerprint density at radius 2 is 0.636 bits per heavy atom. The molecular formula is C80H80F4N8O32P4S4. The van der Waals surface area contributed by atoms with Crippen molar-refractivity contribution >= 4 is 80.2 Å². The largest absolute Gasteiger partial charge is 0.530 e. The lowest BCUT2D eigenvalue weighted by atomic mass is 10.1. The van der Waals surface area contributed by atoms with Crippen molar-refractivity contribution < 1.29 is 158 Å². The summed E-state index contributed by atoms with van der Waals surface area (Å²) in [5.74, 6) is -4.77. The van der Waals surface area contributed by atoms with Crippen molar-refractivity contribution in [1.82, 2.24) is 38.2 Å². The molecule has 704 valence electrons. The number of phosphoric ester groups is 4. The van der Waals surface area contributed by atoms with Gasteiger partial charge in [-0.3, -0.25) is 74.4 Å². The molecule has 132 heavy (non-hydrogen) atoms. The minimum Gasteiger partial charge on any atom is -0.403 e. The first-order valence-electron chi connectivity index (χ1n) is 41.2. The van der Waals surface area contributed by atoms with Gasteiger partial charge in [-0.05, 0) is 77.6 Å². The van der Waals surface area contributed by atoms with Gasteiger partial charge in [-0.15, -0.1) is 25.7 Å². The quantitative estimate of drug-likeness (QED) is 0.0186. The fraction of sp³-hybridized carbons (Fsp3) is 0.400. The number of H-pyrrole nitrogens is 4. The molecule has 4 unspecified atom stereocenters. The van der Waals surface area contributed by atoms with E-state index in [1.165, 1.54) is 0 Å².